The Kier molecular flexibility index (Phi) is 6.96. The van der Waals surface area contributed by atoms with E-state index in [0.29, 0.717) is 5.06 Å². The predicted octanol–water partition coefficient (Wildman–Crippen LogP) is 2.20. The Morgan fingerprint density at radius 1 is 1.00 bits per heavy atom. The Morgan fingerprint density at radius 2 is 1.67 bits per heavy atom. The molecule has 2 aliphatic rings. The molecule has 0 aromatic heterocycles. The first kappa shape index (κ1) is 18.2. The molecule has 1 fully saturated rings. The molecule has 1 aliphatic carbocycles. The first-order valence-electron chi connectivity index (χ1n) is 8.47. The Balaban J connectivity index is 1.63. The standard InChI is InChI=1S/C17H23NO6/c19-14-11-12-15(20)18(14)24-17(22)10-6-9-16(21)23-13-7-4-2-1-3-5-8-13/h1-2,13H,3-12H2/b2-1+. The Morgan fingerprint density at radius 3 is 2.42 bits per heavy atom. The maximum absolute atomic E-state index is 11.8. The van der Waals surface area contributed by atoms with E-state index in [9.17, 15) is 19.2 Å². The number of allylic oxidation sites excluding steroid dienone is 2. The molecule has 2 rings (SSSR count). The third-order valence-electron chi connectivity index (χ3n) is 3.98. The topological polar surface area (TPSA) is 90.0 Å². The second-order valence-corrected chi connectivity index (χ2v) is 5.99. The van der Waals surface area contributed by atoms with Gasteiger partial charge in [0.1, 0.15) is 6.10 Å². The predicted molar refractivity (Wildman–Crippen MR) is 83.1 cm³/mol. The van der Waals surface area contributed by atoms with Gasteiger partial charge in [-0.25, -0.2) is 4.79 Å². The molecule has 1 heterocycles. The van der Waals surface area contributed by atoms with Gasteiger partial charge in [0.05, 0.1) is 0 Å². The number of hydroxylamine groups is 2. The van der Waals surface area contributed by atoms with Gasteiger partial charge < -0.3 is 9.57 Å². The van der Waals surface area contributed by atoms with Crippen molar-refractivity contribution in [2.75, 3.05) is 0 Å². The van der Waals surface area contributed by atoms with Gasteiger partial charge in [0, 0.05) is 25.7 Å². The summed E-state index contributed by atoms with van der Waals surface area (Å²) in [7, 11) is 0. The average molecular weight is 337 g/mol. The molecule has 7 heteroatoms. The minimum Gasteiger partial charge on any atom is -0.462 e. The van der Waals surface area contributed by atoms with E-state index in [4.69, 9.17) is 9.57 Å². The fraction of sp³-hybridized carbons (Fsp3) is 0.647. The van der Waals surface area contributed by atoms with Crippen LogP contribution in [0.5, 0.6) is 0 Å². The maximum Gasteiger partial charge on any atom is 0.333 e. The normalized spacial score (nSPS) is 22.7. The summed E-state index contributed by atoms with van der Waals surface area (Å²) in [6, 6.07) is 0. The van der Waals surface area contributed by atoms with Crippen molar-refractivity contribution >= 4 is 23.8 Å². The number of amides is 2. The third-order valence-corrected chi connectivity index (χ3v) is 3.98. The number of imide groups is 1. The van der Waals surface area contributed by atoms with E-state index in [1.807, 2.05) is 0 Å². The number of esters is 1. The summed E-state index contributed by atoms with van der Waals surface area (Å²) in [4.78, 5) is 50.8. The van der Waals surface area contributed by atoms with E-state index >= 15 is 0 Å². The smallest absolute Gasteiger partial charge is 0.333 e. The lowest BCUT2D eigenvalue weighted by atomic mass is 10.0. The van der Waals surface area contributed by atoms with Crippen LogP contribution in [-0.4, -0.2) is 34.9 Å². The summed E-state index contributed by atoms with van der Waals surface area (Å²) >= 11 is 0. The summed E-state index contributed by atoms with van der Waals surface area (Å²) < 4.78 is 5.43. The third kappa shape index (κ3) is 5.79. The van der Waals surface area contributed by atoms with Crippen molar-refractivity contribution in [3.63, 3.8) is 0 Å². The molecule has 1 atom stereocenters. The number of carbonyl (C=O) groups excluding carboxylic acids is 4. The fourth-order valence-electron chi connectivity index (χ4n) is 2.67. The molecule has 132 valence electrons. The van der Waals surface area contributed by atoms with Gasteiger partial charge in [0.25, 0.3) is 11.8 Å². The van der Waals surface area contributed by atoms with E-state index in [2.05, 4.69) is 12.2 Å². The van der Waals surface area contributed by atoms with Crippen LogP contribution in [0.15, 0.2) is 12.2 Å². The van der Waals surface area contributed by atoms with E-state index < -0.39 is 17.8 Å². The van der Waals surface area contributed by atoms with Gasteiger partial charge in [-0.1, -0.05) is 12.2 Å². The average Bonchev–Trinajstić information content (AvgIpc) is 2.82. The van der Waals surface area contributed by atoms with Gasteiger partial charge in [-0.2, -0.15) is 0 Å². The lowest BCUT2D eigenvalue weighted by molar-refractivity contribution is -0.197. The van der Waals surface area contributed by atoms with Crippen LogP contribution < -0.4 is 0 Å². The molecule has 2 amide bonds. The van der Waals surface area contributed by atoms with Crippen molar-refractivity contribution in [3.8, 4) is 0 Å². The fourth-order valence-corrected chi connectivity index (χ4v) is 2.67. The summed E-state index contributed by atoms with van der Waals surface area (Å²) in [5, 5.41) is 0.517. The van der Waals surface area contributed by atoms with Crippen LogP contribution in [0.1, 0.15) is 64.2 Å². The van der Waals surface area contributed by atoms with Gasteiger partial charge in [0.2, 0.25) is 0 Å². The van der Waals surface area contributed by atoms with Crippen molar-refractivity contribution in [1.29, 1.82) is 0 Å². The van der Waals surface area contributed by atoms with Crippen LogP contribution in [0.25, 0.3) is 0 Å². The number of ether oxygens (including phenoxy) is 1. The van der Waals surface area contributed by atoms with Crippen molar-refractivity contribution in [1.82, 2.24) is 5.06 Å². The van der Waals surface area contributed by atoms with Crippen molar-refractivity contribution in [2.24, 2.45) is 0 Å². The molecule has 0 aromatic rings. The largest absolute Gasteiger partial charge is 0.462 e. The second-order valence-electron chi connectivity index (χ2n) is 5.99. The molecule has 7 nitrogen and oxygen atoms in total. The summed E-state index contributed by atoms with van der Waals surface area (Å²) in [5.41, 5.74) is 0. The molecule has 0 spiro atoms. The second kappa shape index (κ2) is 9.20. The molecule has 1 saturated heterocycles. The highest BCUT2D eigenvalue weighted by atomic mass is 16.7. The van der Waals surface area contributed by atoms with Crippen molar-refractivity contribution < 1.29 is 28.8 Å². The molecule has 0 aromatic carbocycles. The van der Waals surface area contributed by atoms with Gasteiger partial charge >= 0.3 is 11.9 Å². The first-order chi connectivity index (χ1) is 11.6. The van der Waals surface area contributed by atoms with E-state index in [-0.39, 0.29) is 44.2 Å². The van der Waals surface area contributed by atoms with Crippen molar-refractivity contribution in [2.45, 2.75) is 70.3 Å². The Labute approximate surface area is 140 Å². The number of hydrogen-bond donors (Lipinski definition) is 0. The molecule has 0 N–H and O–H groups in total. The van der Waals surface area contributed by atoms with Gasteiger partial charge in [-0.3, -0.25) is 14.4 Å². The maximum atomic E-state index is 11.8. The lowest BCUT2D eigenvalue weighted by Gasteiger charge is -2.18. The van der Waals surface area contributed by atoms with Crippen LogP contribution in [0.2, 0.25) is 0 Å². The van der Waals surface area contributed by atoms with Crippen LogP contribution >= 0.6 is 0 Å². The zero-order chi connectivity index (χ0) is 17.4. The molecule has 0 radical (unpaired) electrons. The molecular weight excluding hydrogens is 314 g/mol. The van der Waals surface area contributed by atoms with Crippen LogP contribution in [0.3, 0.4) is 0 Å². The van der Waals surface area contributed by atoms with E-state index in [1.54, 1.807) is 0 Å². The lowest BCUT2D eigenvalue weighted by Crippen LogP contribution is -2.32. The highest BCUT2D eigenvalue weighted by Crippen LogP contribution is 2.17. The molecule has 0 bridgehead atoms. The molecule has 24 heavy (non-hydrogen) atoms. The zero-order valence-electron chi connectivity index (χ0n) is 13.7. The molecular formula is C17H23NO6. The number of nitrogens with zero attached hydrogens (tertiary/aromatic N) is 1. The number of hydrogen-bond acceptors (Lipinski definition) is 6. The zero-order valence-corrected chi connectivity index (χ0v) is 13.7. The summed E-state index contributed by atoms with van der Waals surface area (Å²) in [6.07, 6.45) is 9.26. The van der Waals surface area contributed by atoms with Gasteiger partial charge in [0.15, 0.2) is 0 Å². The van der Waals surface area contributed by atoms with Crippen LogP contribution in [-0.2, 0) is 28.8 Å². The Bertz CT molecular complexity index is 511. The SMILES string of the molecule is O=C(CCCC(=O)ON1C(=O)CCC1=O)OC1CC/C=C/CCC1. The number of carbonyl (C=O) groups is 4. The van der Waals surface area contributed by atoms with Crippen LogP contribution in [0.4, 0.5) is 0 Å². The monoisotopic (exact) mass is 337 g/mol. The minimum absolute atomic E-state index is 0.0421. The summed E-state index contributed by atoms with van der Waals surface area (Å²) in [5.74, 6) is -2.04. The van der Waals surface area contributed by atoms with E-state index in [1.165, 1.54) is 0 Å². The minimum atomic E-state index is -0.692. The number of rotatable bonds is 6. The van der Waals surface area contributed by atoms with E-state index in [0.717, 1.165) is 32.1 Å². The molecule has 1 aliphatic heterocycles. The van der Waals surface area contributed by atoms with Crippen molar-refractivity contribution in [3.05, 3.63) is 12.2 Å². The Hall–Kier alpha value is -2.18. The highest BCUT2D eigenvalue weighted by Gasteiger charge is 2.32. The quantitative estimate of drug-likeness (QED) is 0.419. The first-order valence-corrected chi connectivity index (χ1v) is 8.47. The van der Waals surface area contributed by atoms with Gasteiger partial charge in [-0.15, -0.1) is 5.06 Å². The molecule has 0 saturated carbocycles. The summed E-state index contributed by atoms with van der Waals surface area (Å²) in [6.45, 7) is 0. The highest BCUT2D eigenvalue weighted by molar-refractivity contribution is 6.01. The van der Waals surface area contributed by atoms with Gasteiger partial charge in [-0.05, 0) is 38.5 Å². The van der Waals surface area contributed by atoms with Crippen LogP contribution in [0, 0.1) is 0 Å². The molecule has 1 unspecified atom stereocenters.